The number of hydrogen-bond donors (Lipinski definition) is 1. The summed E-state index contributed by atoms with van der Waals surface area (Å²) in [4.78, 5) is 4.48. The quantitative estimate of drug-likeness (QED) is 0.825. The fourth-order valence-electron chi connectivity index (χ4n) is 2.62. The molecule has 0 saturated heterocycles. The zero-order valence-electron chi connectivity index (χ0n) is 9.79. The van der Waals surface area contributed by atoms with Crippen molar-refractivity contribution in [1.82, 2.24) is 14.9 Å². The molecule has 15 heavy (non-hydrogen) atoms. The minimum absolute atomic E-state index is 0.699. The molecule has 0 amide bonds. The van der Waals surface area contributed by atoms with E-state index in [-0.39, 0.29) is 0 Å². The number of aromatic nitrogens is 2. The van der Waals surface area contributed by atoms with Gasteiger partial charge >= 0.3 is 0 Å². The van der Waals surface area contributed by atoms with E-state index in [1.54, 1.807) is 0 Å². The summed E-state index contributed by atoms with van der Waals surface area (Å²) in [5.74, 6) is 1.20. The Morgan fingerprint density at radius 1 is 1.40 bits per heavy atom. The largest absolute Gasteiger partial charge is 0.328 e. The summed E-state index contributed by atoms with van der Waals surface area (Å²) in [5, 5.41) is 3.19. The van der Waals surface area contributed by atoms with Gasteiger partial charge in [0.2, 0.25) is 0 Å². The van der Waals surface area contributed by atoms with Gasteiger partial charge in [-0.3, -0.25) is 0 Å². The summed E-state index contributed by atoms with van der Waals surface area (Å²) in [6, 6.07) is 0.699. The molecule has 3 nitrogen and oxygen atoms in total. The SMILES string of the molecule is CNCc1ncc(C)n1C1CCCCC1. The van der Waals surface area contributed by atoms with Crippen molar-refractivity contribution in [2.75, 3.05) is 7.05 Å². The molecule has 84 valence electrons. The number of hydrogen-bond acceptors (Lipinski definition) is 2. The molecule has 2 rings (SSSR count). The molecule has 1 fully saturated rings. The molecule has 0 aliphatic heterocycles. The third kappa shape index (κ3) is 2.23. The zero-order valence-corrected chi connectivity index (χ0v) is 9.79. The van der Waals surface area contributed by atoms with Crippen molar-refractivity contribution in [3.05, 3.63) is 17.7 Å². The average molecular weight is 207 g/mol. The molecule has 0 aromatic carbocycles. The Labute approximate surface area is 91.9 Å². The maximum Gasteiger partial charge on any atom is 0.123 e. The fraction of sp³-hybridized carbons (Fsp3) is 0.750. The Morgan fingerprint density at radius 2 is 2.13 bits per heavy atom. The molecule has 0 radical (unpaired) electrons. The van der Waals surface area contributed by atoms with Crippen LogP contribution in [0.1, 0.15) is 49.7 Å². The van der Waals surface area contributed by atoms with Crippen molar-refractivity contribution in [1.29, 1.82) is 0 Å². The third-order valence-electron chi connectivity index (χ3n) is 3.33. The van der Waals surface area contributed by atoms with Crippen LogP contribution in [0.3, 0.4) is 0 Å². The molecule has 1 heterocycles. The van der Waals surface area contributed by atoms with Gasteiger partial charge in [-0.15, -0.1) is 0 Å². The predicted molar refractivity (Wildman–Crippen MR) is 61.8 cm³/mol. The van der Waals surface area contributed by atoms with E-state index in [0.717, 1.165) is 6.54 Å². The second kappa shape index (κ2) is 4.79. The first kappa shape index (κ1) is 10.7. The van der Waals surface area contributed by atoms with E-state index in [4.69, 9.17) is 0 Å². The monoisotopic (exact) mass is 207 g/mol. The highest BCUT2D eigenvalue weighted by Gasteiger charge is 2.19. The van der Waals surface area contributed by atoms with Gasteiger partial charge in [0.25, 0.3) is 0 Å². The molecule has 1 aromatic rings. The summed E-state index contributed by atoms with van der Waals surface area (Å²) >= 11 is 0. The smallest absolute Gasteiger partial charge is 0.123 e. The Morgan fingerprint density at radius 3 is 2.80 bits per heavy atom. The highest BCUT2D eigenvalue weighted by atomic mass is 15.1. The predicted octanol–water partition coefficient (Wildman–Crippen LogP) is 2.42. The Kier molecular flexibility index (Phi) is 3.41. The van der Waals surface area contributed by atoms with Crippen molar-refractivity contribution < 1.29 is 0 Å². The lowest BCUT2D eigenvalue weighted by Gasteiger charge is -2.26. The van der Waals surface area contributed by atoms with Crippen molar-refractivity contribution in [3.8, 4) is 0 Å². The van der Waals surface area contributed by atoms with Crippen LogP contribution in [0.15, 0.2) is 6.20 Å². The molecule has 0 bridgehead atoms. The lowest BCUT2D eigenvalue weighted by molar-refractivity contribution is 0.340. The molecule has 1 saturated carbocycles. The number of nitrogens with zero attached hydrogens (tertiary/aromatic N) is 2. The summed E-state index contributed by atoms with van der Waals surface area (Å²) in [6.07, 6.45) is 8.82. The number of rotatable bonds is 3. The van der Waals surface area contributed by atoms with E-state index < -0.39 is 0 Å². The normalized spacial score (nSPS) is 18.3. The van der Waals surface area contributed by atoms with Crippen LogP contribution in [-0.2, 0) is 6.54 Å². The summed E-state index contributed by atoms with van der Waals surface area (Å²) < 4.78 is 2.44. The van der Waals surface area contributed by atoms with Gasteiger partial charge in [-0.2, -0.15) is 0 Å². The number of imidazole rings is 1. The average Bonchev–Trinajstić information content (AvgIpc) is 2.62. The first-order valence-electron chi connectivity index (χ1n) is 6.00. The lowest BCUT2D eigenvalue weighted by atomic mass is 9.95. The third-order valence-corrected chi connectivity index (χ3v) is 3.33. The molecule has 0 spiro atoms. The highest BCUT2D eigenvalue weighted by Crippen LogP contribution is 2.30. The molecule has 1 N–H and O–H groups in total. The Balaban J connectivity index is 2.19. The van der Waals surface area contributed by atoms with Crippen LogP contribution in [0.2, 0.25) is 0 Å². The summed E-state index contributed by atoms with van der Waals surface area (Å²) in [6.45, 7) is 3.05. The number of aryl methyl sites for hydroxylation is 1. The highest BCUT2D eigenvalue weighted by molar-refractivity contribution is 5.06. The van der Waals surface area contributed by atoms with Gasteiger partial charge in [-0.1, -0.05) is 19.3 Å². The van der Waals surface area contributed by atoms with Crippen LogP contribution in [0, 0.1) is 6.92 Å². The van der Waals surface area contributed by atoms with Crippen LogP contribution in [-0.4, -0.2) is 16.6 Å². The van der Waals surface area contributed by atoms with Gasteiger partial charge in [0, 0.05) is 17.9 Å². The van der Waals surface area contributed by atoms with Gasteiger partial charge in [-0.05, 0) is 26.8 Å². The van der Waals surface area contributed by atoms with Crippen molar-refractivity contribution >= 4 is 0 Å². The maximum absolute atomic E-state index is 4.48. The van der Waals surface area contributed by atoms with Crippen LogP contribution in [0.25, 0.3) is 0 Å². The van der Waals surface area contributed by atoms with E-state index in [2.05, 4.69) is 21.8 Å². The van der Waals surface area contributed by atoms with Gasteiger partial charge in [-0.25, -0.2) is 4.98 Å². The first-order chi connectivity index (χ1) is 7.33. The second-order valence-electron chi connectivity index (χ2n) is 4.51. The summed E-state index contributed by atoms with van der Waals surface area (Å²) in [7, 11) is 1.98. The number of nitrogens with one attached hydrogen (secondary N) is 1. The van der Waals surface area contributed by atoms with Crippen molar-refractivity contribution in [2.45, 2.75) is 51.6 Å². The molecular weight excluding hydrogens is 186 g/mol. The van der Waals surface area contributed by atoms with E-state index in [1.807, 2.05) is 13.2 Å². The van der Waals surface area contributed by atoms with Gasteiger partial charge in [0.05, 0.1) is 6.54 Å². The van der Waals surface area contributed by atoms with E-state index in [9.17, 15) is 0 Å². The lowest BCUT2D eigenvalue weighted by Crippen LogP contribution is -2.19. The first-order valence-corrected chi connectivity index (χ1v) is 6.00. The fourth-order valence-corrected chi connectivity index (χ4v) is 2.62. The molecular formula is C12H21N3. The summed E-state index contributed by atoms with van der Waals surface area (Å²) in [5.41, 5.74) is 1.31. The van der Waals surface area contributed by atoms with E-state index >= 15 is 0 Å². The zero-order chi connectivity index (χ0) is 10.7. The van der Waals surface area contributed by atoms with E-state index in [0.29, 0.717) is 6.04 Å². The van der Waals surface area contributed by atoms with Gasteiger partial charge < -0.3 is 9.88 Å². The van der Waals surface area contributed by atoms with Gasteiger partial charge in [0.1, 0.15) is 5.82 Å². The van der Waals surface area contributed by atoms with Gasteiger partial charge in [0.15, 0.2) is 0 Å². The van der Waals surface area contributed by atoms with Crippen molar-refractivity contribution in [2.24, 2.45) is 0 Å². The van der Waals surface area contributed by atoms with Crippen LogP contribution >= 0.6 is 0 Å². The Bertz CT molecular complexity index is 311. The minimum atomic E-state index is 0.699. The van der Waals surface area contributed by atoms with E-state index in [1.165, 1.54) is 43.6 Å². The molecule has 1 aliphatic rings. The molecule has 0 atom stereocenters. The van der Waals surface area contributed by atoms with Crippen molar-refractivity contribution in [3.63, 3.8) is 0 Å². The molecule has 1 aliphatic carbocycles. The maximum atomic E-state index is 4.48. The Hall–Kier alpha value is -0.830. The topological polar surface area (TPSA) is 29.9 Å². The minimum Gasteiger partial charge on any atom is -0.328 e. The standard InChI is InChI=1S/C12H21N3/c1-10-8-14-12(9-13-2)15(10)11-6-4-3-5-7-11/h8,11,13H,3-7,9H2,1-2H3. The molecule has 1 aromatic heterocycles. The second-order valence-corrected chi connectivity index (χ2v) is 4.51. The van der Waals surface area contributed by atoms with Crippen LogP contribution in [0.4, 0.5) is 0 Å². The molecule has 0 unspecified atom stereocenters. The van der Waals surface area contributed by atoms with Crippen LogP contribution < -0.4 is 5.32 Å². The molecule has 3 heteroatoms. The van der Waals surface area contributed by atoms with Crippen LogP contribution in [0.5, 0.6) is 0 Å².